The average molecular weight is 767 g/mol. The molecular formula is C45H46N6O6. The molecule has 6 aromatic rings. The summed E-state index contributed by atoms with van der Waals surface area (Å²) < 4.78 is 11.1. The number of H-pyrrole nitrogens is 2. The molecule has 4 heterocycles. The summed E-state index contributed by atoms with van der Waals surface area (Å²) in [6.45, 7) is 1.90. The van der Waals surface area contributed by atoms with Crippen molar-refractivity contribution in [2.75, 3.05) is 26.2 Å². The number of alkyl carbamates (subject to hydrolysis) is 2. The number of carbonyl (C=O) groups is 4. The molecule has 0 unspecified atom stereocenters. The van der Waals surface area contributed by atoms with Crippen molar-refractivity contribution in [2.24, 2.45) is 11.8 Å². The first kappa shape index (κ1) is 37.4. The summed E-state index contributed by atoms with van der Waals surface area (Å²) in [5.74, 6) is -0.344. The maximum Gasteiger partial charge on any atom is 0.408 e. The Balaban J connectivity index is 0.955. The third-order valence-corrected chi connectivity index (χ3v) is 11.0. The molecule has 0 aliphatic carbocycles. The molecule has 4 aromatic carbocycles. The summed E-state index contributed by atoms with van der Waals surface area (Å²) in [6.07, 6.45) is 3.86. The maximum absolute atomic E-state index is 14.4. The normalized spacial score (nSPS) is 17.5. The lowest BCUT2D eigenvalue weighted by molar-refractivity contribution is -0.143. The lowest BCUT2D eigenvalue weighted by atomic mass is 9.83. The molecule has 2 aromatic heterocycles. The molecule has 2 aliphatic rings. The van der Waals surface area contributed by atoms with Crippen LogP contribution in [0.4, 0.5) is 9.59 Å². The number of hydrogen-bond acceptors (Lipinski definition) is 6. The molecule has 8 rings (SSSR count). The molecule has 0 radical (unpaired) electrons. The van der Waals surface area contributed by atoms with Crippen LogP contribution in [0.15, 0.2) is 122 Å². The predicted molar refractivity (Wildman–Crippen MR) is 216 cm³/mol. The molecule has 292 valence electrons. The van der Waals surface area contributed by atoms with Crippen LogP contribution in [0.1, 0.15) is 28.7 Å². The summed E-state index contributed by atoms with van der Waals surface area (Å²) in [7, 11) is 0. The van der Waals surface area contributed by atoms with E-state index in [4.69, 9.17) is 9.47 Å². The summed E-state index contributed by atoms with van der Waals surface area (Å²) in [5.41, 5.74) is 5.42. The SMILES string of the molecule is O=C(N[C@@H](Cc1c[nH]c2ccccc12)C(=O)N1CC2CC(C1)CN(C(=O)[C@H](Cc1c[nH]c3ccccc13)NC(=O)OCc1ccccc1)C2)OCc1ccccc1. The van der Waals surface area contributed by atoms with Gasteiger partial charge in [0.1, 0.15) is 25.3 Å². The highest BCUT2D eigenvalue weighted by molar-refractivity contribution is 5.90. The van der Waals surface area contributed by atoms with Gasteiger partial charge in [0, 0.05) is 73.2 Å². The van der Waals surface area contributed by atoms with Gasteiger partial charge in [0.15, 0.2) is 0 Å². The van der Waals surface area contributed by atoms with Gasteiger partial charge in [-0.2, -0.15) is 0 Å². The number of para-hydroxylation sites is 2. The van der Waals surface area contributed by atoms with Gasteiger partial charge < -0.3 is 39.9 Å². The van der Waals surface area contributed by atoms with Crippen molar-refractivity contribution >= 4 is 45.8 Å². The Morgan fingerprint density at radius 3 is 1.37 bits per heavy atom. The Morgan fingerprint density at radius 1 is 0.561 bits per heavy atom. The topological polar surface area (TPSA) is 149 Å². The third kappa shape index (κ3) is 8.96. The summed E-state index contributed by atoms with van der Waals surface area (Å²) in [4.78, 5) is 65.3. The van der Waals surface area contributed by atoms with E-state index in [0.29, 0.717) is 26.2 Å². The second kappa shape index (κ2) is 17.1. The van der Waals surface area contributed by atoms with Gasteiger partial charge in [-0.25, -0.2) is 9.59 Å². The second-order valence-electron chi connectivity index (χ2n) is 15.1. The van der Waals surface area contributed by atoms with Gasteiger partial charge in [-0.1, -0.05) is 97.1 Å². The van der Waals surface area contributed by atoms with Gasteiger partial charge >= 0.3 is 12.2 Å². The van der Waals surface area contributed by atoms with Crippen LogP contribution in [0, 0.1) is 11.8 Å². The molecule has 2 fully saturated rings. The number of carbonyl (C=O) groups excluding carboxylic acids is 4. The van der Waals surface area contributed by atoms with E-state index in [0.717, 1.165) is 50.5 Å². The molecule has 12 heteroatoms. The number of likely N-dealkylation sites (tertiary alicyclic amines) is 2. The quantitative estimate of drug-likeness (QED) is 0.114. The lowest BCUT2D eigenvalue weighted by Crippen LogP contribution is -2.60. The van der Waals surface area contributed by atoms with Gasteiger partial charge in [0.25, 0.3) is 0 Å². The van der Waals surface area contributed by atoms with Crippen molar-refractivity contribution < 1.29 is 28.7 Å². The third-order valence-electron chi connectivity index (χ3n) is 11.0. The number of hydrogen-bond donors (Lipinski definition) is 4. The Kier molecular flexibility index (Phi) is 11.2. The summed E-state index contributed by atoms with van der Waals surface area (Å²) in [6, 6.07) is 32.8. The standard InChI is InChI=1S/C45H46N6O6/c52-42(40(20-34-22-46-38-17-9-7-15-36(34)38)48-44(54)56-28-30-11-3-1-4-12-30)50-24-32-19-33(25-50)27-51(26-32)43(53)41(21-35-23-47-39-18-10-8-16-37(35)39)49-45(55)57-29-31-13-5-2-6-14-31/h1-18,22-23,32-33,40-41,46-47H,19-21,24-29H2,(H,48,54)(H,49,55)/t32?,33?,40-,41-/m0/s1. The number of ether oxygens (including phenoxy) is 2. The van der Waals surface area contributed by atoms with Crippen LogP contribution in [0.25, 0.3) is 21.8 Å². The Labute approximate surface area is 330 Å². The number of piperidine rings is 2. The molecule has 2 aliphatic heterocycles. The van der Waals surface area contributed by atoms with Gasteiger partial charge in [-0.3, -0.25) is 9.59 Å². The molecule has 0 spiro atoms. The van der Waals surface area contributed by atoms with E-state index >= 15 is 0 Å². The van der Waals surface area contributed by atoms with Gasteiger partial charge in [-0.05, 0) is 52.6 Å². The second-order valence-corrected chi connectivity index (χ2v) is 15.1. The van der Waals surface area contributed by atoms with Gasteiger partial charge in [0.05, 0.1) is 0 Å². The van der Waals surface area contributed by atoms with E-state index in [1.54, 1.807) is 0 Å². The van der Waals surface area contributed by atoms with Crippen LogP contribution in [-0.2, 0) is 45.1 Å². The first-order valence-corrected chi connectivity index (χ1v) is 19.5. The molecule has 2 atom stereocenters. The van der Waals surface area contributed by atoms with E-state index in [2.05, 4.69) is 20.6 Å². The highest BCUT2D eigenvalue weighted by atomic mass is 16.6. The number of nitrogens with zero attached hydrogens (tertiary/aromatic N) is 2. The number of aromatic amines is 2. The van der Waals surface area contributed by atoms with Crippen LogP contribution in [0.3, 0.4) is 0 Å². The van der Waals surface area contributed by atoms with Crippen LogP contribution >= 0.6 is 0 Å². The van der Waals surface area contributed by atoms with Crippen molar-refractivity contribution in [3.8, 4) is 0 Å². The maximum atomic E-state index is 14.4. The minimum Gasteiger partial charge on any atom is -0.445 e. The number of fused-ring (bicyclic) bond motifs is 4. The first-order valence-electron chi connectivity index (χ1n) is 19.5. The molecule has 12 nitrogen and oxygen atoms in total. The van der Waals surface area contributed by atoms with Crippen molar-refractivity contribution in [1.82, 2.24) is 30.4 Å². The summed E-state index contributed by atoms with van der Waals surface area (Å²) >= 11 is 0. The largest absolute Gasteiger partial charge is 0.445 e. The fourth-order valence-electron chi connectivity index (χ4n) is 8.34. The number of aromatic nitrogens is 2. The highest BCUT2D eigenvalue weighted by Crippen LogP contribution is 2.31. The smallest absolute Gasteiger partial charge is 0.408 e. The lowest BCUT2D eigenvalue weighted by Gasteiger charge is -2.47. The van der Waals surface area contributed by atoms with Crippen LogP contribution in [0.5, 0.6) is 0 Å². The van der Waals surface area contributed by atoms with Gasteiger partial charge in [0.2, 0.25) is 11.8 Å². The number of amides is 4. The Hall–Kier alpha value is -6.56. The van der Waals surface area contributed by atoms with E-state index in [-0.39, 0.29) is 49.7 Å². The molecule has 2 saturated heterocycles. The number of rotatable bonds is 12. The predicted octanol–water partition coefficient (Wildman–Crippen LogP) is 6.33. The van der Waals surface area contributed by atoms with E-state index < -0.39 is 24.3 Å². The molecule has 0 saturated carbocycles. The molecule has 4 amide bonds. The zero-order valence-corrected chi connectivity index (χ0v) is 31.6. The van der Waals surface area contributed by atoms with Gasteiger partial charge in [-0.15, -0.1) is 0 Å². The molecular weight excluding hydrogens is 721 g/mol. The number of benzene rings is 4. The van der Waals surface area contributed by atoms with Crippen molar-refractivity contribution in [3.63, 3.8) is 0 Å². The zero-order chi connectivity index (χ0) is 39.1. The molecule has 4 N–H and O–H groups in total. The number of nitrogens with one attached hydrogen (secondary N) is 4. The van der Waals surface area contributed by atoms with Crippen molar-refractivity contribution in [3.05, 3.63) is 144 Å². The van der Waals surface area contributed by atoms with E-state index in [1.807, 2.05) is 131 Å². The fourth-order valence-corrected chi connectivity index (χ4v) is 8.34. The minimum absolute atomic E-state index is 0.0166. The van der Waals surface area contributed by atoms with Crippen molar-refractivity contribution in [2.45, 2.75) is 44.6 Å². The van der Waals surface area contributed by atoms with Crippen LogP contribution < -0.4 is 10.6 Å². The van der Waals surface area contributed by atoms with Crippen molar-refractivity contribution in [1.29, 1.82) is 0 Å². The minimum atomic E-state index is -0.865. The highest BCUT2D eigenvalue weighted by Gasteiger charge is 2.41. The van der Waals surface area contributed by atoms with Crippen LogP contribution in [0.2, 0.25) is 0 Å². The fraction of sp³-hybridized carbons (Fsp3) is 0.289. The van der Waals surface area contributed by atoms with Crippen LogP contribution in [-0.4, -0.2) is 82.0 Å². The summed E-state index contributed by atoms with van der Waals surface area (Å²) in [5, 5.41) is 7.73. The average Bonchev–Trinajstić information content (AvgIpc) is 3.85. The first-order chi connectivity index (χ1) is 27.9. The molecule has 2 bridgehead atoms. The Morgan fingerprint density at radius 2 is 0.947 bits per heavy atom. The van der Waals surface area contributed by atoms with E-state index in [1.165, 1.54) is 0 Å². The monoisotopic (exact) mass is 766 g/mol. The Bertz CT molecular complexity index is 2170. The van der Waals surface area contributed by atoms with E-state index in [9.17, 15) is 19.2 Å². The molecule has 57 heavy (non-hydrogen) atoms. The zero-order valence-electron chi connectivity index (χ0n) is 31.6.